The van der Waals surface area contributed by atoms with E-state index in [1.165, 1.54) is 20.9 Å². The summed E-state index contributed by atoms with van der Waals surface area (Å²) in [6.45, 7) is 5.24. The molecular formula is C27H65N11O7S+2. The van der Waals surface area contributed by atoms with Crippen LogP contribution in [-0.4, -0.2) is 145 Å². The maximum atomic E-state index is 10.7. The van der Waals surface area contributed by atoms with Gasteiger partial charge in [-0.1, -0.05) is 0 Å². The summed E-state index contributed by atoms with van der Waals surface area (Å²) in [6, 6.07) is -1.36. The summed E-state index contributed by atoms with van der Waals surface area (Å²) in [5.41, 5.74) is 34.8. The second-order valence-electron chi connectivity index (χ2n) is 11.1. The molecule has 0 aliphatic carbocycles. The maximum Gasteiger partial charge on any atom is 0.323 e. The molecule has 0 unspecified atom stereocenters. The molecule has 0 spiro atoms. The van der Waals surface area contributed by atoms with Gasteiger partial charge < -0.3 is 64.8 Å². The van der Waals surface area contributed by atoms with Crippen LogP contribution < -0.4 is 40.1 Å². The number of rotatable bonds is 17. The predicted molar refractivity (Wildman–Crippen MR) is 185 cm³/mol. The molecule has 0 rings (SSSR count). The molecule has 0 aromatic heterocycles. The van der Waals surface area contributed by atoms with E-state index in [0.717, 1.165) is 41.7 Å². The van der Waals surface area contributed by atoms with Crippen molar-refractivity contribution < 1.29 is 44.7 Å². The van der Waals surface area contributed by atoms with Gasteiger partial charge >= 0.3 is 11.9 Å². The van der Waals surface area contributed by atoms with Gasteiger partial charge in [-0.15, -0.1) is 0 Å². The summed E-state index contributed by atoms with van der Waals surface area (Å²) < 4.78 is 0.844. The van der Waals surface area contributed by atoms with Crippen LogP contribution >= 0.6 is 12.6 Å². The summed E-state index contributed by atoms with van der Waals surface area (Å²) in [6.07, 6.45) is 4.42. The standard InChI is InChI=1S/C7H16N4O.C6H14N2O2.C5H11NOS.C5H14NO.C4H9N3O2/c1-5(12)6(8)3-2-4-11-7(9)10;7-4-2-1-3-5(8)6(9)10;1-4(7)5(6)2-3-8;1-6(2,3)4-5-7;1-7(4(5)6)2-3(8)9/h6H,2-4,8H2,1H3,(H4,9,10,11);5H,1-4,7-8H2,(H,9,10);5,8H,2-3,6H2,1H3;7H,4-5H2,1-3H3;2H2,1H3,(H3,5,6)(H,8,9)/q;;;+1;/p+1/t6-;2*5-;;/m000../s1. The fourth-order valence-corrected chi connectivity index (χ4v) is 2.60. The molecule has 0 aromatic rings. The number of Topliss-reactive ketones (excluding diaryl/α,β-unsaturated/α-hetero) is 2. The van der Waals surface area contributed by atoms with Crippen molar-refractivity contribution in [2.75, 3.05) is 66.7 Å². The zero-order valence-corrected chi connectivity index (χ0v) is 29.5. The molecule has 3 atom stereocenters. The lowest BCUT2D eigenvalue weighted by atomic mass is 10.1. The van der Waals surface area contributed by atoms with Gasteiger partial charge in [0.15, 0.2) is 11.9 Å². The van der Waals surface area contributed by atoms with E-state index in [2.05, 4.69) is 44.5 Å². The third-order valence-corrected chi connectivity index (χ3v) is 5.60. The van der Waals surface area contributed by atoms with Crippen LogP contribution in [0.4, 0.5) is 0 Å². The van der Waals surface area contributed by atoms with Gasteiger partial charge in [-0.3, -0.25) is 29.6 Å². The van der Waals surface area contributed by atoms with Crippen LogP contribution in [0.3, 0.4) is 0 Å². The minimum absolute atomic E-state index is 0.000278. The number of likely N-dealkylation sites (N-methyl/N-ethyl adjacent to an activating group) is 2. The third-order valence-electron chi connectivity index (χ3n) is 5.34. The van der Waals surface area contributed by atoms with Crippen LogP contribution in [0.5, 0.6) is 0 Å². The highest BCUT2D eigenvalue weighted by Crippen LogP contribution is 1.97. The Morgan fingerprint density at radius 1 is 0.891 bits per heavy atom. The highest BCUT2D eigenvalue weighted by Gasteiger charge is 2.09. The average molecular weight is 688 g/mol. The highest BCUT2D eigenvalue weighted by atomic mass is 32.1. The molecule has 0 fully saturated rings. The van der Waals surface area contributed by atoms with Crippen LogP contribution in [0.1, 0.15) is 52.4 Å². The molecule has 0 saturated carbocycles. The Morgan fingerprint density at radius 3 is 1.59 bits per heavy atom. The van der Waals surface area contributed by atoms with Gasteiger partial charge in [0, 0.05) is 13.6 Å². The Bertz CT molecular complexity index is 856. The number of carboxylic acids is 2. The fourth-order valence-electron chi connectivity index (χ4n) is 2.32. The van der Waals surface area contributed by atoms with Crippen LogP contribution in [0.15, 0.2) is 4.99 Å². The maximum absolute atomic E-state index is 10.7. The lowest BCUT2D eigenvalue weighted by Crippen LogP contribution is -2.50. The quantitative estimate of drug-likeness (QED) is 0.0233. The number of aliphatic carboxylic acids is 2. The van der Waals surface area contributed by atoms with Gasteiger partial charge in [-0.2, -0.15) is 12.6 Å². The summed E-state index contributed by atoms with van der Waals surface area (Å²) in [5.74, 6) is -1.35. The number of aliphatic imine (C=N–C) groups is 1. The van der Waals surface area contributed by atoms with E-state index >= 15 is 0 Å². The molecule has 0 aromatic carbocycles. The van der Waals surface area contributed by atoms with E-state index in [1.54, 1.807) is 0 Å². The minimum Gasteiger partial charge on any atom is -0.480 e. The number of hydrogen-bond acceptors (Lipinski definition) is 11. The Labute approximate surface area is 279 Å². The second kappa shape index (κ2) is 33.3. The molecule has 0 radical (unpaired) electrons. The second-order valence-corrected chi connectivity index (χ2v) is 11.5. The van der Waals surface area contributed by atoms with E-state index in [1.807, 2.05) is 0 Å². The number of ketones is 2. The number of nitrogens with two attached hydrogens (primary N) is 6. The van der Waals surface area contributed by atoms with Crippen molar-refractivity contribution in [2.24, 2.45) is 39.4 Å². The Balaban J connectivity index is -0.000000154. The van der Waals surface area contributed by atoms with E-state index in [4.69, 9.17) is 55.1 Å². The number of thiol groups is 1. The topological polar surface area (TPSA) is 352 Å². The van der Waals surface area contributed by atoms with E-state index in [9.17, 15) is 19.2 Å². The zero-order valence-electron chi connectivity index (χ0n) is 28.7. The summed E-state index contributed by atoms with van der Waals surface area (Å²) in [5, 5.41) is 31.6. The first kappa shape index (κ1) is 52.5. The van der Waals surface area contributed by atoms with Crippen LogP contribution in [0.25, 0.3) is 0 Å². The van der Waals surface area contributed by atoms with Crippen molar-refractivity contribution in [3.8, 4) is 0 Å². The van der Waals surface area contributed by atoms with E-state index < -0.39 is 18.0 Å². The molecule has 46 heavy (non-hydrogen) atoms. The Morgan fingerprint density at radius 2 is 1.35 bits per heavy atom. The van der Waals surface area contributed by atoms with Gasteiger partial charge in [0.25, 0.3) is 0 Å². The number of carbonyl (C=O) groups is 4. The van der Waals surface area contributed by atoms with Crippen molar-refractivity contribution in [3.05, 3.63) is 0 Å². The summed E-state index contributed by atoms with van der Waals surface area (Å²) >= 11 is 3.92. The molecular weight excluding hydrogens is 622 g/mol. The van der Waals surface area contributed by atoms with Crippen molar-refractivity contribution in [3.63, 3.8) is 0 Å². The van der Waals surface area contributed by atoms with Gasteiger partial charge in [0.2, 0.25) is 0 Å². The minimum atomic E-state index is -0.993. The molecule has 19 heteroatoms. The number of aliphatic hydroxyl groups is 1. The largest absolute Gasteiger partial charge is 0.480 e. The third kappa shape index (κ3) is 50.6. The number of hydrogen-bond donors (Lipinski definition) is 12. The number of carboxylic acid groups (broad SMARTS) is 2. The van der Waals surface area contributed by atoms with Crippen molar-refractivity contribution in [1.29, 1.82) is 5.41 Å². The average Bonchev–Trinajstić information content (AvgIpc) is 2.91. The summed E-state index contributed by atoms with van der Waals surface area (Å²) in [4.78, 5) is 46.0. The molecule has 274 valence electrons. The van der Waals surface area contributed by atoms with Crippen molar-refractivity contribution in [2.45, 2.75) is 70.5 Å². The molecule has 18 nitrogen and oxygen atoms in total. The first-order chi connectivity index (χ1) is 21.0. The smallest absolute Gasteiger partial charge is 0.323 e. The van der Waals surface area contributed by atoms with Gasteiger partial charge in [-0.25, -0.2) is 0 Å². The first-order valence-electron chi connectivity index (χ1n) is 14.6. The Hall–Kier alpha value is -3.07. The normalized spacial score (nSPS) is 11.8. The molecule has 0 saturated heterocycles. The zero-order chi connectivity index (χ0) is 37.5. The molecule has 0 bridgehead atoms. The van der Waals surface area contributed by atoms with Gasteiger partial charge in [0.05, 0.1) is 46.4 Å². The molecule has 0 amide bonds. The SMILES string of the molecule is CC(=O)[C@@H](N)CCCN=C(N)N.CC(=O)[C@@H](N)CCS.CN(CC(=O)O)C(=N)N.C[N+](C)(C)CCO.N[C@@H](CCCC[NH3+])C(=O)O. The molecule has 0 heterocycles. The van der Waals surface area contributed by atoms with Gasteiger partial charge in [0.1, 0.15) is 30.7 Å². The number of guanidine groups is 2. The molecule has 0 aliphatic rings. The van der Waals surface area contributed by atoms with Gasteiger partial charge in [-0.05, 0) is 58.1 Å². The lowest BCUT2D eigenvalue weighted by molar-refractivity contribution is -0.870. The monoisotopic (exact) mass is 687 g/mol. The number of nitrogens with zero attached hydrogens (tertiary/aromatic N) is 3. The van der Waals surface area contributed by atoms with Crippen LogP contribution in [0.2, 0.25) is 0 Å². The highest BCUT2D eigenvalue weighted by molar-refractivity contribution is 7.80. The lowest BCUT2D eigenvalue weighted by Gasteiger charge is -2.21. The van der Waals surface area contributed by atoms with Crippen LogP contribution in [-0.2, 0) is 19.2 Å². The number of quaternary nitrogens is 2. The number of aliphatic hydroxyl groups excluding tert-OH is 1. The number of unbranched alkanes of at least 4 members (excludes halogenated alkanes) is 1. The van der Waals surface area contributed by atoms with E-state index in [-0.39, 0.29) is 48.7 Å². The van der Waals surface area contributed by atoms with E-state index in [0.29, 0.717) is 31.6 Å². The Kier molecular flexibility index (Phi) is 38.0. The molecule has 19 N–H and O–H groups in total. The number of nitrogens with one attached hydrogen (secondary N) is 1. The molecule has 0 aliphatic heterocycles. The fraction of sp³-hybridized carbons (Fsp3) is 0.778. The first-order valence-corrected chi connectivity index (χ1v) is 15.3. The van der Waals surface area contributed by atoms with Crippen LogP contribution in [0, 0.1) is 5.41 Å². The van der Waals surface area contributed by atoms with Crippen molar-refractivity contribution in [1.82, 2.24) is 4.90 Å². The summed E-state index contributed by atoms with van der Waals surface area (Å²) in [7, 11) is 7.60. The van der Waals surface area contributed by atoms with Crippen molar-refractivity contribution >= 4 is 48.1 Å². The number of carbonyl (C=O) groups excluding carboxylic acids is 2. The predicted octanol–water partition coefficient (Wildman–Crippen LogP) is -3.43.